The van der Waals surface area contributed by atoms with E-state index in [0.717, 1.165) is 25.7 Å². The molecule has 2 fully saturated rings. The van der Waals surface area contributed by atoms with Gasteiger partial charge in [-0.1, -0.05) is 0 Å². The molecule has 126 valence electrons. The molecule has 4 rings (SSSR count). The maximum absolute atomic E-state index is 13.2. The normalized spacial score (nSPS) is 30.4. The Kier molecular flexibility index (Phi) is 3.98. The van der Waals surface area contributed by atoms with E-state index in [9.17, 15) is 8.42 Å². The first-order chi connectivity index (χ1) is 11.1. The van der Waals surface area contributed by atoms with Gasteiger partial charge in [0.1, 0.15) is 13.2 Å². The summed E-state index contributed by atoms with van der Waals surface area (Å²) in [5.41, 5.74) is 0. The van der Waals surface area contributed by atoms with Gasteiger partial charge in [-0.25, -0.2) is 8.42 Å². The van der Waals surface area contributed by atoms with E-state index in [2.05, 4.69) is 6.26 Å². The van der Waals surface area contributed by atoms with Crippen LogP contribution >= 0.6 is 11.8 Å². The summed E-state index contributed by atoms with van der Waals surface area (Å²) in [4.78, 5) is 0.321. The van der Waals surface area contributed by atoms with Crippen molar-refractivity contribution in [3.63, 3.8) is 0 Å². The minimum atomic E-state index is -3.47. The molecule has 0 saturated carbocycles. The zero-order valence-electron chi connectivity index (χ0n) is 13.1. The summed E-state index contributed by atoms with van der Waals surface area (Å²) < 4.78 is 39.1. The van der Waals surface area contributed by atoms with E-state index >= 15 is 0 Å². The zero-order chi connectivity index (χ0) is 16.0. The highest BCUT2D eigenvalue weighted by molar-refractivity contribution is 7.99. The average Bonchev–Trinajstić information content (AvgIpc) is 2.86. The molecule has 0 aromatic heterocycles. The third-order valence-corrected chi connectivity index (χ3v) is 8.10. The first-order valence-corrected chi connectivity index (χ1v) is 10.8. The van der Waals surface area contributed by atoms with Crippen LogP contribution in [0.4, 0.5) is 0 Å². The van der Waals surface area contributed by atoms with Crippen LogP contribution < -0.4 is 9.47 Å². The maximum Gasteiger partial charge on any atom is 0.243 e. The molecular formula is C16H21NO4S2. The third-order valence-electron chi connectivity index (χ3n) is 5.05. The van der Waals surface area contributed by atoms with Crippen molar-refractivity contribution in [2.45, 2.75) is 47.9 Å². The molecule has 0 N–H and O–H groups in total. The predicted molar refractivity (Wildman–Crippen MR) is 89.8 cm³/mol. The summed E-state index contributed by atoms with van der Waals surface area (Å²) in [5.74, 6) is 1.16. The van der Waals surface area contributed by atoms with Crippen LogP contribution in [0.1, 0.15) is 25.7 Å². The number of rotatable bonds is 3. The van der Waals surface area contributed by atoms with Gasteiger partial charge in [0.25, 0.3) is 0 Å². The number of benzene rings is 1. The molecular weight excluding hydrogens is 334 g/mol. The average molecular weight is 355 g/mol. The number of fused-ring (bicyclic) bond motifs is 3. The number of hydrogen-bond donors (Lipinski definition) is 0. The highest BCUT2D eigenvalue weighted by Crippen LogP contribution is 2.43. The van der Waals surface area contributed by atoms with E-state index < -0.39 is 10.0 Å². The highest BCUT2D eigenvalue weighted by Gasteiger charge is 2.47. The van der Waals surface area contributed by atoms with Gasteiger partial charge in [0.05, 0.1) is 4.90 Å². The lowest BCUT2D eigenvalue weighted by Gasteiger charge is -2.37. The first-order valence-electron chi connectivity index (χ1n) is 8.05. The molecule has 3 heterocycles. The molecule has 0 spiro atoms. The fourth-order valence-corrected chi connectivity index (χ4v) is 6.71. The summed E-state index contributed by atoms with van der Waals surface area (Å²) >= 11 is 1.86. The molecule has 0 amide bonds. The molecule has 0 radical (unpaired) electrons. The SMILES string of the molecule is CSC1CC2CCC(C1)N2S(=O)(=O)c1ccc2c(c1)OCCO2. The molecule has 5 nitrogen and oxygen atoms in total. The number of piperidine rings is 1. The van der Waals surface area contributed by atoms with Gasteiger partial charge >= 0.3 is 0 Å². The van der Waals surface area contributed by atoms with Gasteiger partial charge in [-0.05, 0) is 44.1 Å². The van der Waals surface area contributed by atoms with Crippen molar-refractivity contribution in [2.24, 2.45) is 0 Å². The number of sulfonamides is 1. The largest absolute Gasteiger partial charge is 0.486 e. The predicted octanol–water partition coefficient (Wildman–Crippen LogP) is 2.50. The van der Waals surface area contributed by atoms with Crippen LogP contribution in [0.3, 0.4) is 0 Å². The van der Waals surface area contributed by atoms with Gasteiger partial charge in [-0.15, -0.1) is 0 Å². The molecule has 23 heavy (non-hydrogen) atoms. The van der Waals surface area contributed by atoms with Crippen LogP contribution in [0.2, 0.25) is 0 Å². The number of hydrogen-bond acceptors (Lipinski definition) is 5. The van der Waals surface area contributed by atoms with E-state index in [0.29, 0.717) is 34.9 Å². The molecule has 1 aromatic rings. The summed E-state index contributed by atoms with van der Waals surface area (Å²) in [6.07, 6.45) is 6.00. The van der Waals surface area contributed by atoms with Gasteiger partial charge in [-0.2, -0.15) is 16.1 Å². The van der Waals surface area contributed by atoms with Gasteiger partial charge in [0.15, 0.2) is 11.5 Å². The summed E-state index contributed by atoms with van der Waals surface area (Å²) in [6, 6.07) is 5.25. The fourth-order valence-electron chi connectivity index (χ4n) is 3.97. The van der Waals surface area contributed by atoms with Gasteiger partial charge < -0.3 is 9.47 Å². The van der Waals surface area contributed by atoms with Crippen molar-refractivity contribution in [1.29, 1.82) is 0 Å². The standard InChI is InChI=1S/C16H21NO4S2/c1-22-13-8-11-2-3-12(9-13)17(11)23(18,19)14-4-5-15-16(10-14)21-7-6-20-15/h4-5,10-13H,2-3,6-9H2,1H3. The molecule has 2 unspecified atom stereocenters. The lowest BCUT2D eigenvalue weighted by atomic mass is 10.1. The Labute approximate surface area is 141 Å². The molecule has 3 aliphatic heterocycles. The second kappa shape index (κ2) is 5.86. The van der Waals surface area contributed by atoms with Crippen molar-refractivity contribution < 1.29 is 17.9 Å². The number of thioether (sulfide) groups is 1. The van der Waals surface area contributed by atoms with Crippen LogP contribution in [-0.2, 0) is 10.0 Å². The Morgan fingerprint density at radius 3 is 2.39 bits per heavy atom. The van der Waals surface area contributed by atoms with Crippen molar-refractivity contribution in [1.82, 2.24) is 4.31 Å². The minimum absolute atomic E-state index is 0.143. The van der Waals surface area contributed by atoms with E-state index in [1.165, 1.54) is 0 Å². The van der Waals surface area contributed by atoms with Gasteiger partial charge in [0.2, 0.25) is 10.0 Å². The monoisotopic (exact) mass is 355 g/mol. The molecule has 2 atom stereocenters. The topological polar surface area (TPSA) is 55.8 Å². The van der Waals surface area contributed by atoms with Crippen molar-refractivity contribution in [3.05, 3.63) is 18.2 Å². The Balaban J connectivity index is 1.66. The smallest absolute Gasteiger partial charge is 0.243 e. The molecule has 7 heteroatoms. The lowest BCUT2D eigenvalue weighted by Crippen LogP contribution is -2.47. The second-order valence-electron chi connectivity index (χ2n) is 6.35. The molecule has 2 saturated heterocycles. The minimum Gasteiger partial charge on any atom is -0.486 e. The van der Waals surface area contributed by atoms with Crippen LogP contribution in [0, 0.1) is 0 Å². The molecule has 3 aliphatic rings. The Morgan fingerprint density at radius 2 is 1.74 bits per heavy atom. The van der Waals surface area contributed by atoms with Gasteiger partial charge in [-0.3, -0.25) is 0 Å². The van der Waals surface area contributed by atoms with Crippen molar-refractivity contribution in [2.75, 3.05) is 19.5 Å². The summed E-state index contributed by atoms with van der Waals surface area (Å²) in [5, 5.41) is 0.583. The van der Waals surface area contributed by atoms with E-state index in [1.54, 1.807) is 22.5 Å². The van der Waals surface area contributed by atoms with E-state index in [4.69, 9.17) is 9.47 Å². The van der Waals surface area contributed by atoms with Crippen LogP contribution in [0.25, 0.3) is 0 Å². The van der Waals surface area contributed by atoms with Crippen molar-refractivity contribution in [3.8, 4) is 11.5 Å². The van der Waals surface area contributed by atoms with E-state index in [-0.39, 0.29) is 12.1 Å². The van der Waals surface area contributed by atoms with Gasteiger partial charge in [0, 0.05) is 23.4 Å². The molecule has 0 aliphatic carbocycles. The van der Waals surface area contributed by atoms with Crippen molar-refractivity contribution >= 4 is 21.8 Å². The highest BCUT2D eigenvalue weighted by atomic mass is 32.2. The Bertz CT molecular complexity index is 692. The molecule has 2 bridgehead atoms. The lowest BCUT2D eigenvalue weighted by molar-refractivity contribution is 0.171. The molecule has 1 aromatic carbocycles. The maximum atomic E-state index is 13.2. The fraction of sp³-hybridized carbons (Fsp3) is 0.625. The van der Waals surface area contributed by atoms with E-state index in [1.807, 2.05) is 11.8 Å². The Hall–Kier alpha value is -0.920. The Morgan fingerprint density at radius 1 is 1.09 bits per heavy atom. The first kappa shape index (κ1) is 15.6. The van der Waals surface area contributed by atoms with Crippen LogP contribution in [-0.4, -0.2) is 49.5 Å². The zero-order valence-corrected chi connectivity index (χ0v) is 14.7. The van der Waals surface area contributed by atoms with Crippen LogP contribution in [0.15, 0.2) is 23.1 Å². The number of ether oxygens (including phenoxy) is 2. The quantitative estimate of drug-likeness (QED) is 0.834. The second-order valence-corrected chi connectivity index (χ2v) is 9.34. The summed E-state index contributed by atoms with van der Waals surface area (Å²) in [6.45, 7) is 0.965. The third kappa shape index (κ3) is 2.62. The summed E-state index contributed by atoms with van der Waals surface area (Å²) in [7, 11) is -3.47. The number of nitrogens with zero attached hydrogens (tertiary/aromatic N) is 1. The van der Waals surface area contributed by atoms with Crippen LogP contribution in [0.5, 0.6) is 11.5 Å².